The van der Waals surface area contributed by atoms with Gasteiger partial charge in [0.25, 0.3) is 0 Å². The fourth-order valence-corrected chi connectivity index (χ4v) is 1.46. The van der Waals surface area contributed by atoms with E-state index in [4.69, 9.17) is 5.11 Å². The molecule has 0 amide bonds. The van der Waals surface area contributed by atoms with Crippen molar-refractivity contribution in [3.05, 3.63) is 34.4 Å². The highest BCUT2D eigenvalue weighted by Crippen LogP contribution is 2.21. The summed E-state index contributed by atoms with van der Waals surface area (Å²) in [6.07, 6.45) is 0. The topological polar surface area (TPSA) is 37.3 Å². The smallest absolute Gasteiger partial charge is 0.310 e. The van der Waals surface area contributed by atoms with E-state index in [-0.39, 0.29) is 0 Å². The zero-order valence-corrected chi connectivity index (χ0v) is 9.09. The summed E-state index contributed by atoms with van der Waals surface area (Å²) < 4.78 is 0. The predicted molar refractivity (Wildman–Crippen MR) is 56.7 cm³/mol. The van der Waals surface area contributed by atoms with E-state index in [0.717, 1.165) is 16.7 Å². The van der Waals surface area contributed by atoms with Crippen LogP contribution in [0.15, 0.2) is 12.1 Å². The van der Waals surface area contributed by atoms with Crippen molar-refractivity contribution < 1.29 is 9.90 Å². The third kappa shape index (κ3) is 1.95. The Labute approximate surface area is 84.6 Å². The molecule has 0 radical (unpaired) electrons. The van der Waals surface area contributed by atoms with Gasteiger partial charge in [0.1, 0.15) is 0 Å². The van der Waals surface area contributed by atoms with Crippen LogP contribution in [0.4, 0.5) is 0 Å². The normalized spacial score (nSPS) is 12.6. The molecule has 0 aliphatic rings. The lowest BCUT2D eigenvalue weighted by Crippen LogP contribution is -2.08. The van der Waals surface area contributed by atoms with Gasteiger partial charge in [-0.25, -0.2) is 0 Å². The first-order chi connectivity index (χ1) is 6.43. The molecule has 0 saturated carbocycles. The first-order valence-electron chi connectivity index (χ1n) is 4.74. The molecule has 0 heterocycles. The zero-order valence-electron chi connectivity index (χ0n) is 9.09. The van der Waals surface area contributed by atoms with Gasteiger partial charge in [0.05, 0.1) is 5.92 Å². The Kier molecular flexibility index (Phi) is 2.94. The number of hydrogen-bond acceptors (Lipinski definition) is 1. The van der Waals surface area contributed by atoms with Gasteiger partial charge in [0, 0.05) is 0 Å². The van der Waals surface area contributed by atoms with Gasteiger partial charge >= 0.3 is 5.97 Å². The quantitative estimate of drug-likeness (QED) is 0.782. The van der Waals surface area contributed by atoms with Gasteiger partial charge in [-0.1, -0.05) is 12.1 Å². The number of rotatable bonds is 2. The molecule has 2 heteroatoms. The fourth-order valence-electron chi connectivity index (χ4n) is 1.46. The summed E-state index contributed by atoms with van der Waals surface area (Å²) in [5, 5.41) is 8.89. The number of aryl methyl sites for hydroxylation is 2. The van der Waals surface area contributed by atoms with Crippen LogP contribution in [0.25, 0.3) is 0 Å². The molecular formula is C12H16O2. The second-order valence-electron chi connectivity index (χ2n) is 3.84. The van der Waals surface area contributed by atoms with Gasteiger partial charge in [-0.05, 0) is 49.9 Å². The average Bonchev–Trinajstić information content (AvgIpc) is 2.12. The number of carbonyl (C=O) groups is 1. The summed E-state index contributed by atoms with van der Waals surface area (Å²) in [6.45, 7) is 7.80. The molecule has 2 nitrogen and oxygen atoms in total. The Morgan fingerprint density at radius 3 is 2.00 bits per heavy atom. The monoisotopic (exact) mass is 192 g/mol. The molecule has 1 unspecified atom stereocenters. The second kappa shape index (κ2) is 3.82. The van der Waals surface area contributed by atoms with Crippen molar-refractivity contribution in [2.24, 2.45) is 0 Å². The van der Waals surface area contributed by atoms with E-state index in [9.17, 15) is 4.79 Å². The van der Waals surface area contributed by atoms with Gasteiger partial charge < -0.3 is 5.11 Å². The highest BCUT2D eigenvalue weighted by molar-refractivity contribution is 5.75. The summed E-state index contributed by atoms with van der Waals surface area (Å²) >= 11 is 0. The maximum atomic E-state index is 10.8. The molecule has 0 bridgehead atoms. The van der Waals surface area contributed by atoms with E-state index in [1.54, 1.807) is 6.92 Å². The average molecular weight is 192 g/mol. The van der Waals surface area contributed by atoms with E-state index < -0.39 is 11.9 Å². The lowest BCUT2D eigenvalue weighted by Gasteiger charge is -2.11. The van der Waals surface area contributed by atoms with E-state index in [2.05, 4.69) is 6.92 Å². The van der Waals surface area contributed by atoms with Crippen LogP contribution in [0, 0.1) is 20.8 Å². The zero-order chi connectivity index (χ0) is 10.9. The van der Waals surface area contributed by atoms with Gasteiger partial charge in [0.2, 0.25) is 0 Å². The van der Waals surface area contributed by atoms with Crippen LogP contribution in [-0.2, 0) is 4.79 Å². The first-order valence-corrected chi connectivity index (χ1v) is 4.74. The maximum Gasteiger partial charge on any atom is 0.310 e. The van der Waals surface area contributed by atoms with Crippen molar-refractivity contribution in [1.82, 2.24) is 0 Å². The minimum absolute atomic E-state index is 0.423. The Morgan fingerprint density at radius 2 is 1.64 bits per heavy atom. The van der Waals surface area contributed by atoms with E-state index in [1.807, 2.05) is 26.0 Å². The van der Waals surface area contributed by atoms with Crippen LogP contribution in [0.1, 0.15) is 35.1 Å². The van der Waals surface area contributed by atoms with Crippen molar-refractivity contribution in [2.75, 3.05) is 0 Å². The molecule has 76 valence electrons. The largest absolute Gasteiger partial charge is 0.481 e. The second-order valence-corrected chi connectivity index (χ2v) is 3.84. The minimum Gasteiger partial charge on any atom is -0.481 e. The van der Waals surface area contributed by atoms with Gasteiger partial charge in [0.15, 0.2) is 0 Å². The Balaban J connectivity index is 3.19. The number of benzene rings is 1. The predicted octanol–water partition coefficient (Wildman–Crippen LogP) is 2.80. The maximum absolute atomic E-state index is 10.8. The molecule has 14 heavy (non-hydrogen) atoms. The summed E-state index contributed by atoms with van der Waals surface area (Å²) in [5.41, 5.74) is 4.45. The van der Waals surface area contributed by atoms with Crippen LogP contribution in [0.2, 0.25) is 0 Å². The van der Waals surface area contributed by atoms with Crippen molar-refractivity contribution in [3.63, 3.8) is 0 Å². The first kappa shape index (κ1) is 10.8. The highest BCUT2D eigenvalue weighted by Gasteiger charge is 2.14. The van der Waals surface area contributed by atoms with E-state index in [0.29, 0.717) is 0 Å². The Bertz CT molecular complexity index is 344. The van der Waals surface area contributed by atoms with Crippen LogP contribution < -0.4 is 0 Å². The third-order valence-electron chi connectivity index (χ3n) is 2.82. The van der Waals surface area contributed by atoms with Gasteiger partial charge in [-0.3, -0.25) is 4.79 Å². The molecule has 0 aromatic heterocycles. The number of hydrogen-bond donors (Lipinski definition) is 1. The van der Waals surface area contributed by atoms with E-state index >= 15 is 0 Å². The summed E-state index contributed by atoms with van der Waals surface area (Å²) in [6, 6.07) is 3.92. The van der Waals surface area contributed by atoms with Crippen LogP contribution >= 0.6 is 0 Å². The standard InChI is InChI=1S/C12H16O2/c1-7-5-11(10(4)12(13)14)6-8(2)9(7)3/h5-6,10H,1-4H3,(H,13,14). The number of carboxylic acids is 1. The molecule has 0 aliphatic carbocycles. The molecule has 0 spiro atoms. The SMILES string of the molecule is Cc1cc(C(C)C(=O)O)cc(C)c1C. The van der Waals surface area contributed by atoms with Crippen molar-refractivity contribution >= 4 is 5.97 Å². The summed E-state index contributed by atoms with van der Waals surface area (Å²) in [4.78, 5) is 10.8. The van der Waals surface area contributed by atoms with E-state index in [1.165, 1.54) is 5.56 Å². The lowest BCUT2D eigenvalue weighted by molar-refractivity contribution is -0.138. The molecule has 0 fully saturated rings. The summed E-state index contributed by atoms with van der Waals surface area (Å²) in [5.74, 6) is -1.19. The minimum atomic E-state index is -0.771. The van der Waals surface area contributed by atoms with Crippen LogP contribution in [0.3, 0.4) is 0 Å². The molecule has 1 aromatic rings. The van der Waals surface area contributed by atoms with Crippen molar-refractivity contribution in [2.45, 2.75) is 33.6 Å². The molecule has 1 N–H and O–H groups in total. The summed E-state index contributed by atoms with van der Waals surface area (Å²) in [7, 11) is 0. The van der Waals surface area contributed by atoms with Crippen molar-refractivity contribution in [1.29, 1.82) is 0 Å². The van der Waals surface area contributed by atoms with Gasteiger partial charge in [-0.2, -0.15) is 0 Å². The van der Waals surface area contributed by atoms with Crippen LogP contribution in [0.5, 0.6) is 0 Å². The molecule has 1 atom stereocenters. The molecule has 0 saturated heterocycles. The van der Waals surface area contributed by atoms with Gasteiger partial charge in [-0.15, -0.1) is 0 Å². The van der Waals surface area contributed by atoms with Crippen molar-refractivity contribution in [3.8, 4) is 0 Å². The lowest BCUT2D eigenvalue weighted by atomic mass is 9.94. The molecular weight excluding hydrogens is 176 g/mol. The van der Waals surface area contributed by atoms with Crippen LogP contribution in [-0.4, -0.2) is 11.1 Å². The molecule has 1 aromatic carbocycles. The Hall–Kier alpha value is -1.31. The fraction of sp³-hybridized carbons (Fsp3) is 0.417. The molecule has 0 aliphatic heterocycles. The number of carboxylic acid groups (broad SMARTS) is 1. The Morgan fingerprint density at radius 1 is 1.21 bits per heavy atom. The highest BCUT2D eigenvalue weighted by atomic mass is 16.4. The molecule has 1 rings (SSSR count). The third-order valence-corrected chi connectivity index (χ3v) is 2.82. The number of aliphatic carboxylic acids is 1.